The lowest BCUT2D eigenvalue weighted by Gasteiger charge is -2.27. The number of hydrogen-bond acceptors (Lipinski definition) is 3. The van der Waals surface area contributed by atoms with E-state index in [-0.39, 0.29) is 23.7 Å². The first-order chi connectivity index (χ1) is 9.11. The first kappa shape index (κ1) is 14.3. The van der Waals surface area contributed by atoms with Crippen molar-refractivity contribution < 1.29 is 9.18 Å². The number of carbonyl (C=O) groups excluding carboxylic acids is 1. The molecule has 19 heavy (non-hydrogen) atoms. The molecule has 1 aliphatic heterocycles. The summed E-state index contributed by atoms with van der Waals surface area (Å²) in [7, 11) is 0. The predicted molar refractivity (Wildman–Crippen MR) is 75.5 cm³/mol. The van der Waals surface area contributed by atoms with Crippen molar-refractivity contribution in [2.24, 2.45) is 11.7 Å². The van der Waals surface area contributed by atoms with E-state index >= 15 is 0 Å². The van der Waals surface area contributed by atoms with Crippen LogP contribution in [0.2, 0.25) is 0 Å². The highest BCUT2D eigenvalue weighted by molar-refractivity contribution is 7.99. The number of hydrogen-bond donors (Lipinski definition) is 2. The minimum Gasteiger partial charge on any atom is -0.349 e. The van der Waals surface area contributed by atoms with Crippen LogP contribution in [0.25, 0.3) is 0 Å². The van der Waals surface area contributed by atoms with E-state index in [9.17, 15) is 9.18 Å². The zero-order valence-corrected chi connectivity index (χ0v) is 11.8. The second-order valence-corrected chi connectivity index (χ2v) is 6.00. The number of fused-ring (bicyclic) bond motifs is 1. The van der Waals surface area contributed by atoms with Crippen LogP contribution in [-0.4, -0.2) is 18.2 Å². The first-order valence-corrected chi connectivity index (χ1v) is 7.53. The van der Waals surface area contributed by atoms with Gasteiger partial charge >= 0.3 is 0 Å². The molecule has 0 aromatic heterocycles. The van der Waals surface area contributed by atoms with Crippen LogP contribution in [-0.2, 0) is 4.79 Å². The Morgan fingerprint density at radius 1 is 1.63 bits per heavy atom. The Labute approximate surface area is 117 Å². The minimum atomic E-state index is -0.254. The molecule has 0 fully saturated rings. The lowest BCUT2D eigenvalue weighted by molar-refractivity contribution is -0.125. The van der Waals surface area contributed by atoms with E-state index in [0.717, 1.165) is 22.6 Å². The van der Waals surface area contributed by atoms with Crippen LogP contribution >= 0.6 is 11.8 Å². The van der Waals surface area contributed by atoms with Crippen LogP contribution in [0.15, 0.2) is 23.1 Å². The molecular formula is C14H19FN2OS. The van der Waals surface area contributed by atoms with Gasteiger partial charge in [-0.05, 0) is 43.1 Å². The lowest BCUT2D eigenvalue weighted by atomic mass is 10.0. The molecule has 1 aliphatic rings. The second-order valence-electron chi connectivity index (χ2n) is 4.86. The summed E-state index contributed by atoms with van der Waals surface area (Å²) in [6, 6.07) is 4.70. The summed E-state index contributed by atoms with van der Waals surface area (Å²) in [6.45, 7) is 2.37. The molecule has 0 aliphatic carbocycles. The Kier molecular flexibility index (Phi) is 4.82. The number of thioether (sulfide) groups is 1. The number of nitrogens with one attached hydrogen (secondary N) is 1. The fourth-order valence-electron chi connectivity index (χ4n) is 2.21. The van der Waals surface area contributed by atoms with Crippen molar-refractivity contribution in [2.45, 2.75) is 30.7 Å². The van der Waals surface area contributed by atoms with Gasteiger partial charge in [0, 0.05) is 16.6 Å². The highest BCUT2D eigenvalue weighted by atomic mass is 32.2. The molecule has 5 heteroatoms. The molecule has 1 heterocycles. The highest BCUT2D eigenvalue weighted by Crippen LogP contribution is 2.36. The summed E-state index contributed by atoms with van der Waals surface area (Å²) < 4.78 is 13.3. The summed E-state index contributed by atoms with van der Waals surface area (Å²) in [6.07, 6.45) is 1.51. The van der Waals surface area contributed by atoms with E-state index in [4.69, 9.17) is 5.73 Å². The van der Waals surface area contributed by atoms with E-state index in [0.29, 0.717) is 13.0 Å². The van der Waals surface area contributed by atoms with Gasteiger partial charge in [0.2, 0.25) is 5.91 Å². The van der Waals surface area contributed by atoms with Gasteiger partial charge in [0.05, 0.1) is 6.04 Å². The Bertz CT molecular complexity index is 467. The van der Waals surface area contributed by atoms with Gasteiger partial charge in [-0.2, -0.15) is 0 Å². The topological polar surface area (TPSA) is 55.1 Å². The lowest BCUT2D eigenvalue weighted by Crippen LogP contribution is -2.35. The fourth-order valence-corrected chi connectivity index (χ4v) is 3.32. The normalized spacial score (nSPS) is 19.6. The number of nitrogens with two attached hydrogens (primary N) is 1. The maximum Gasteiger partial charge on any atom is 0.223 e. The average molecular weight is 282 g/mol. The maximum absolute atomic E-state index is 13.3. The largest absolute Gasteiger partial charge is 0.349 e. The first-order valence-electron chi connectivity index (χ1n) is 6.54. The standard InChI is InChI=1S/C14H19FN2OS/c1-9(4-6-16)14(18)17-12-5-7-19-13-3-2-10(15)8-11(12)13/h2-3,8-9,12H,4-7,16H2,1H3,(H,17,18). The third-order valence-electron chi connectivity index (χ3n) is 3.38. The Balaban J connectivity index is 2.11. The van der Waals surface area contributed by atoms with Gasteiger partial charge in [0.25, 0.3) is 0 Å². The van der Waals surface area contributed by atoms with Crippen molar-refractivity contribution in [2.75, 3.05) is 12.3 Å². The quantitative estimate of drug-likeness (QED) is 0.892. The third kappa shape index (κ3) is 3.48. The van der Waals surface area contributed by atoms with Gasteiger partial charge in [-0.3, -0.25) is 4.79 Å². The monoisotopic (exact) mass is 282 g/mol. The Hall–Kier alpha value is -1.07. The van der Waals surface area contributed by atoms with Crippen LogP contribution in [0.5, 0.6) is 0 Å². The molecule has 0 bridgehead atoms. The molecular weight excluding hydrogens is 263 g/mol. The van der Waals surface area contributed by atoms with Crippen LogP contribution in [0, 0.1) is 11.7 Å². The minimum absolute atomic E-state index is 0.00226. The SMILES string of the molecule is CC(CCN)C(=O)NC1CCSc2ccc(F)cc21. The van der Waals surface area contributed by atoms with Crippen LogP contribution in [0.3, 0.4) is 0 Å². The molecule has 0 saturated carbocycles. The highest BCUT2D eigenvalue weighted by Gasteiger charge is 2.24. The summed E-state index contributed by atoms with van der Waals surface area (Å²) in [5, 5.41) is 3.01. The smallest absolute Gasteiger partial charge is 0.223 e. The fraction of sp³-hybridized carbons (Fsp3) is 0.500. The Morgan fingerprint density at radius 3 is 3.16 bits per heavy atom. The zero-order valence-electron chi connectivity index (χ0n) is 11.0. The predicted octanol–water partition coefficient (Wildman–Crippen LogP) is 2.46. The van der Waals surface area contributed by atoms with Crippen molar-refractivity contribution >= 4 is 17.7 Å². The van der Waals surface area contributed by atoms with E-state index in [1.54, 1.807) is 17.8 Å². The van der Waals surface area contributed by atoms with E-state index in [1.807, 2.05) is 6.92 Å². The van der Waals surface area contributed by atoms with Gasteiger partial charge in [0.1, 0.15) is 5.82 Å². The summed E-state index contributed by atoms with van der Waals surface area (Å²) in [5.41, 5.74) is 6.36. The molecule has 2 atom stereocenters. The number of benzene rings is 1. The third-order valence-corrected chi connectivity index (χ3v) is 4.50. The van der Waals surface area contributed by atoms with Crippen LogP contribution < -0.4 is 11.1 Å². The second kappa shape index (κ2) is 6.39. The summed E-state index contributed by atoms with van der Waals surface area (Å²) in [5.74, 6) is 0.583. The zero-order chi connectivity index (χ0) is 13.8. The molecule has 0 radical (unpaired) electrons. The summed E-state index contributed by atoms with van der Waals surface area (Å²) >= 11 is 1.71. The van der Waals surface area contributed by atoms with E-state index < -0.39 is 0 Å². The molecule has 2 rings (SSSR count). The van der Waals surface area contributed by atoms with Gasteiger partial charge in [-0.25, -0.2) is 4.39 Å². The molecule has 104 valence electrons. The van der Waals surface area contributed by atoms with Crippen molar-refractivity contribution in [3.8, 4) is 0 Å². The average Bonchev–Trinajstić information content (AvgIpc) is 2.39. The van der Waals surface area contributed by atoms with Crippen molar-refractivity contribution in [3.63, 3.8) is 0 Å². The van der Waals surface area contributed by atoms with Crippen molar-refractivity contribution in [1.29, 1.82) is 0 Å². The van der Waals surface area contributed by atoms with E-state index in [2.05, 4.69) is 5.32 Å². The number of carbonyl (C=O) groups is 1. The maximum atomic E-state index is 13.3. The van der Waals surface area contributed by atoms with Gasteiger partial charge in [0.15, 0.2) is 0 Å². The van der Waals surface area contributed by atoms with Gasteiger partial charge < -0.3 is 11.1 Å². The van der Waals surface area contributed by atoms with Crippen molar-refractivity contribution in [1.82, 2.24) is 5.32 Å². The number of rotatable bonds is 4. The number of amides is 1. The molecule has 2 unspecified atom stereocenters. The number of halogens is 1. The molecule has 1 aromatic carbocycles. The molecule has 0 saturated heterocycles. The Morgan fingerprint density at radius 2 is 2.42 bits per heavy atom. The summed E-state index contributed by atoms with van der Waals surface area (Å²) in [4.78, 5) is 13.1. The van der Waals surface area contributed by atoms with Crippen LogP contribution in [0.1, 0.15) is 31.4 Å². The molecule has 1 aromatic rings. The van der Waals surface area contributed by atoms with Gasteiger partial charge in [-0.1, -0.05) is 6.92 Å². The molecule has 1 amide bonds. The van der Waals surface area contributed by atoms with Crippen molar-refractivity contribution in [3.05, 3.63) is 29.6 Å². The molecule has 3 nitrogen and oxygen atoms in total. The van der Waals surface area contributed by atoms with Crippen LogP contribution in [0.4, 0.5) is 4.39 Å². The molecule has 0 spiro atoms. The van der Waals surface area contributed by atoms with Gasteiger partial charge in [-0.15, -0.1) is 11.8 Å². The van der Waals surface area contributed by atoms with E-state index in [1.165, 1.54) is 12.1 Å². The molecule has 3 N–H and O–H groups in total.